The fraction of sp³-hybridized carbons (Fsp3) is 0.333. The van der Waals surface area contributed by atoms with Gasteiger partial charge in [0.25, 0.3) is 5.91 Å². The Labute approximate surface area is 157 Å². The lowest BCUT2D eigenvalue weighted by Gasteiger charge is -2.34. The molecule has 2 aromatic rings. The highest BCUT2D eigenvalue weighted by molar-refractivity contribution is 6.35. The van der Waals surface area contributed by atoms with E-state index in [1.54, 1.807) is 24.4 Å². The van der Waals surface area contributed by atoms with E-state index in [-0.39, 0.29) is 5.91 Å². The van der Waals surface area contributed by atoms with Crippen LogP contribution in [0.25, 0.3) is 0 Å². The fourth-order valence-electron chi connectivity index (χ4n) is 2.83. The molecule has 1 aromatic carbocycles. The van der Waals surface area contributed by atoms with Crippen molar-refractivity contribution in [2.24, 2.45) is 0 Å². The fourth-order valence-corrected chi connectivity index (χ4v) is 3.36. The van der Waals surface area contributed by atoms with Gasteiger partial charge in [0.05, 0.1) is 0 Å². The largest absolute Gasteiger partial charge is 0.354 e. The Morgan fingerprint density at radius 1 is 1.16 bits per heavy atom. The van der Waals surface area contributed by atoms with Crippen LogP contribution in [0, 0.1) is 0 Å². The number of nitrogens with one attached hydrogen (secondary N) is 1. The first-order valence-corrected chi connectivity index (χ1v) is 8.90. The normalized spacial score (nSPS) is 15.2. The highest BCUT2D eigenvalue weighted by Crippen LogP contribution is 2.21. The number of piperazine rings is 1. The maximum absolute atomic E-state index is 12.4. The Morgan fingerprint density at radius 2 is 1.84 bits per heavy atom. The number of benzene rings is 1. The van der Waals surface area contributed by atoms with Crippen LogP contribution in [0.15, 0.2) is 36.5 Å². The van der Waals surface area contributed by atoms with E-state index in [0.717, 1.165) is 37.6 Å². The topological polar surface area (TPSA) is 48.5 Å². The maximum atomic E-state index is 12.4. The van der Waals surface area contributed by atoms with Gasteiger partial charge in [-0.3, -0.25) is 4.79 Å². The standard InChI is InChI=1S/C18H20Cl2N4O/c1-23-5-7-24(8-6-23)17-13(3-2-4-21-17)12-22-18(25)14-9-15(19)11-16(20)10-14/h2-4,9-11H,5-8,12H2,1H3,(H,22,25). The van der Waals surface area contributed by atoms with Gasteiger partial charge >= 0.3 is 0 Å². The molecule has 1 aliphatic heterocycles. The Morgan fingerprint density at radius 3 is 2.52 bits per heavy atom. The zero-order chi connectivity index (χ0) is 17.8. The SMILES string of the molecule is CN1CCN(c2ncccc2CNC(=O)c2cc(Cl)cc(Cl)c2)CC1. The molecule has 0 unspecified atom stereocenters. The van der Waals surface area contributed by atoms with Crippen LogP contribution in [0.3, 0.4) is 0 Å². The molecule has 1 aromatic heterocycles. The molecule has 0 atom stereocenters. The molecular weight excluding hydrogens is 359 g/mol. The van der Waals surface area contributed by atoms with Gasteiger partial charge in [-0.25, -0.2) is 4.98 Å². The van der Waals surface area contributed by atoms with E-state index in [0.29, 0.717) is 22.2 Å². The summed E-state index contributed by atoms with van der Waals surface area (Å²) in [7, 11) is 2.12. The van der Waals surface area contributed by atoms with E-state index >= 15 is 0 Å². The number of likely N-dealkylation sites (N-methyl/N-ethyl adjacent to an activating group) is 1. The highest BCUT2D eigenvalue weighted by atomic mass is 35.5. The summed E-state index contributed by atoms with van der Waals surface area (Å²) in [5.74, 6) is 0.720. The third kappa shape index (κ3) is 4.63. The van der Waals surface area contributed by atoms with Gasteiger partial charge < -0.3 is 15.1 Å². The van der Waals surface area contributed by atoms with Crippen LogP contribution in [0.4, 0.5) is 5.82 Å². The molecule has 1 N–H and O–H groups in total. The first kappa shape index (κ1) is 18.0. The second-order valence-electron chi connectivity index (χ2n) is 6.12. The number of pyridine rings is 1. The van der Waals surface area contributed by atoms with Crippen LogP contribution in [0.2, 0.25) is 10.0 Å². The van der Waals surface area contributed by atoms with Gasteiger partial charge in [-0.1, -0.05) is 29.3 Å². The Bertz CT molecular complexity index is 740. The van der Waals surface area contributed by atoms with Gasteiger partial charge in [0, 0.05) is 60.1 Å². The number of rotatable bonds is 4. The minimum Gasteiger partial charge on any atom is -0.354 e. The molecule has 1 fully saturated rings. The number of aromatic nitrogens is 1. The van der Waals surface area contributed by atoms with Crippen LogP contribution >= 0.6 is 23.2 Å². The summed E-state index contributed by atoms with van der Waals surface area (Å²) in [4.78, 5) is 21.5. The first-order chi connectivity index (χ1) is 12.0. The van der Waals surface area contributed by atoms with Crippen molar-refractivity contribution in [3.8, 4) is 0 Å². The second kappa shape index (κ2) is 8.04. The summed E-state index contributed by atoms with van der Waals surface area (Å²) in [5, 5.41) is 3.81. The lowest BCUT2D eigenvalue weighted by Crippen LogP contribution is -2.45. The van der Waals surface area contributed by atoms with Crippen molar-refractivity contribution in [3.05, 3.63) is 57.7 Å². The van der Waals surface area contributed by atoms with E-state index in [1.165, 1.54) is 0 Å². The van der Waals surface area contributed by atoms with Crippen LogP contribution in [0.1, 0.15) is 15.9 Å². The zero-order valence-electron chi connectivity index (χ0n) is 14.0. The lowest BCUT2D eigenvalue weighted by molar-refractivity contribution is 0.0951. The molecule has 0 saturated carbocycles. The van der Waals surface area contributed by atoms with E-state index in [2.05, 4.69) is 27.1 Å². The van der Waals surface area contributed by atoms with E-state index < -0.39 is 0 Å². The van der Waals surface area contributed by atoms with Gasteiger partial charge in [-0.15, -0.1) is 0 Å². The molecule has 1 saturated heterocycles. The van der Waals surface area contributed by atoms with Crippen LogP contribution in [0.5, 0.6) is 0 Å². The molecule has 2 heterocycles. The van der Waals surface area contributed by atoms with Crippen LogP contribution in [-0.2, 0) is 6.54 Å². The number of halogens is 2. The van der Waals surface area contributed by atoms with Crippen molar-refractivity contribution in [1.29, 1.82) is 0 Å². The monoisotopic (exact) mass is 378 g/mol. The van der Waals surface area contributed by atoms with Gasteiger partial charge in [0.15, 0.2) is 0 Å². The van der Waals surface area contributed by atoms with Crippen molar-refractivity contribution in [3.63, 3.8) is 0 Å². The molecule has 0 aliphatic carbocycles. The molecule has 1 aliphatic rings. The summed E-state index contributed by atoms with van der Waals surface area (Å²) in [6, 6.07) is 8.69. The molecule has 5 nitrogen and oxygen atoms in total. The highest BCUT2D eigenvalue weighted by Gasteiger charge is 2.18. The van der Waals surface area contributed by atoms with Gasteiger partial charge in [0.2, 0.25) is 0 Å². The quantitative estimate of drug-likeness (QED) is 0.887. The van der Waals surface area contributed by atoms with Gasteiger partial charge in [0.1, 0.15) is 5.82 Å². The van der Waals surface area contributed by atoms with E-state index in [1.807, 2.05) is 12.1 Å². The summed E-state index contributed by atoms with van der Waals surface area (Å²) in [6.07, 6.45) is 1.79. The second-order valence-corrected chi connectivity index (χ2v) is 6.99. The molecule has 7 heteroatoms. The number of carbonyl (C=O) groups excluding carboxylic acids is 1. The molecule has 25 heavy (non-hydrogen) atoms. The molecule has 3 rings (SSSR count). The van der Waals surface area contributed by atoms with Crippen molar-refractivity contribution >= 4 is 34.9 Å². The van der Waals surface area contributed by atoms with Crippen LogP contribution < -0.4 is 10.2 Å². The van der Waals surface area contributed by atoms with E-state index in [9.17, 15) is 4.79 Å². The minimum absolute atomic E-state index is 0.211. The molecular formula is C18H20Cl2N4O. The lowest BCUT2D eigenvalue weighted by atomic mass is 10.2. The average molecular weight is 379 g/mol. The first-order valence-electron chi connectivity index (χ1n) is 8.14. The minimum atomic E-state index is -0.211. The predicted molar refractivity (Wildman–Crippen MR) is 102 cm³/mol. The van der Waals surface area contributed by atoms with Gasteiger partial charge in [-0.05, 0) is 31.3 Å². The number of amides is 1. The molecule has 132 valence electrons. The van der Waals surface area contributed by atoms with Gasteiger partial charge in [-0.2, -0.15) is 0 Å². The predicted octanol–water partition coefficient (Wildman–Crippen LogP) is 3.07. The smallest absolute Gasteiger partial charge is 0.251 e. The zero-order valence-corrected chi connectivity index (χ0v) is 15.5. The van der Waals surface area contributed by atoms with Crippen molar-refractivity contribution in [1.82, 2.24) is 15.2 Å². The summed E-state index contributed by atoms with van der Waals surface area (Å²) in [6.45, 7) is 4.27. The molecule has 0 bridgehead atoms. The third-order valence-corrected chi connectivity index (χ3v) is 4.67. The Kier molecular flexibility index (Phi) is 5.78. The van der Waals surface area contributed by atoms with Crippen LogP contribution in [-0.4, -0.2) is 49.0 Å². The van der Waals surface area contributed by atoms with Crippen molar-refractivity contribution < 1.29 is 4.79 Å². The number of hydrogen-bond acceptors (Lipinski definition) is 4. The Balaban J connectivity index is 1.70. The Hall–Kier alpha value is -1.82. The van der Waals surface area contributed by atoms with Crippen molar-refractivity contribution in [2.75, 3.05) is 38.1 Å². The summed E-state index contributed by atoms with van der Waals surface area (Å²) in [5.41, 5.74) is 1.44. The number of anilines is 1. The average Bonchev–Trinajstić information content (AvgIpc) is 2.60. The number of carbonyl (C=O) groups is 1. The number of nitrogens with zero attached hydrogens (tertiary/aromatic N) is 3. The number of hydrogen-bond donors (Lipinski definition) is 1. The third-order valence-electron chi connectivity index (χ3n) is 4.23. The maximum Gasteiger partial charge on any atom is 0.251 e. The molecule has 0 spiro atoms. The van der Waals surface area contributed by atoms with Crippen molar-refractivity contribution in [2.45, 2.75) is 6.54 Å². The van der Waals surface area contributed by atoms with E-state index in [4.69, 9.17) is 23.2 Å². The molecule has 1 amide bonds. The summed E-state index contributed by atoms with van der Waals surface area (Å²) < 4.78 is 0. The molecule has 0 radical (unpaired) electrons. The summed E-state index contributed by atoms with van der Waals surface area (Å²) >= 11 is 11.9.